The number of halogens is 4. The molecule has 1 saturated heterocycles. The molecule has 2 amide bonds. The van der Waals surface area contributed by atoms with Crippen LogP contribution in [0.3, 0.4) is 0 Å². The molecule has 47 heavy (non-hydrogen) atoms. The number of furan rings is 1. The van der Waals surface area contributed by atoms with Crippen molar-refractivity contribution in [2.75, 3.05) is 18.4 Å². The maximum absolute atomic E-state index is 12.9. The molecule has 5 rings (SSSR count). The number of benzene rings is 2. The van der Waals surface area contributed by atoms with Crippen LogP contribution in [0.1, 0.15) is 57.1 Å². The number of hydrogen-bond acceptors (Lipinski definition) is 10. The lowest BCUT2D eigenvalue weighted by Gasteiger charge is -2.35. The minimum atomic E-state index is -4.86. The molecule has 0 radical (unpaired) electrons. The molecule has 0 aliphatic carbocycles. The van der Waals surface area contributed by atoms with Crippen molar-refractivity contribution in [3.05, 3.63) is 52.5 Å². The second-order valence-electron chi connectivity index (χ2n) is 11.7. The van der Waals surface area contributed by atoms with Gasteiger partial charge in [-0.15, -0.1) is 28.2 Å². The third-order valence-corrected chi connectivity index (χ3v) is 7.57. The summed E-state index contributed by atoms with van der Waals surface area (Å²) in [6.07, 6.45) is -5.13. The second-order valence-corrected chi connectivity index (χ2v) is 12.6. The first-order valence-corrected chi connectivity index (χ1v) is 15.2. The van der Waals surface area contributed by atoms with Gasteiger partial charge in [0.2, 0.25) is 12.1 Å². The van der Waals surface area contributed by atoms with Gasteiger partial charge in [-0.25, -0.2) is 4.79 Å². The van der Waals surface area contributed by atoms with Gasteiger partial charge in [0, 0.05) is 42.6 Å². The number of nitrogens with zero attached hydrogens (tertiary/aromatic N) is 5. The van der Waals surface area contributed by atoms with Gasteiger partial charge in [-0.1, -0.05) is 6.07 Å². The Hall–Kier alpha value is -4.67. The van der Waals surface area contributed by atoms with E-state index in [4.69, 9.17) is 13.9 Å². The van der Waals surface area contributed by atoms with E-state index in [1.807, 2.05) is 0 Å². The molecule has 0 bridgehead atoms. The number of amides is 2. The van der Waals surface area contributed by atoms with Crippen LogP contribution >= 0.6 is 15.9 Å². The minimum Gasteiger partial charge on any atom is -0.453 e. The fourth-order valence-corrected chi connectivity index (χ4v) is 5.36. The number of carbonyl (C=O) groups excluding carboxylic acids is 3. The van der Waals surface area contributed by atoms with Crippen molar-refractivity contribution < 1.29 is 46.2 Å². The zero-order valence-corrected chi connectivity index (χ0v) is 27.2. The molecule has 2 aromatic carbocycles. The zero-order chi connectivity index (χ0) is 34.1. The Morgan fingerprint density at radius 2 is 1.79 bits per heavy atom. The SMILES string of the molecule is CC(=O)OC(C1CCN(C(=O)OC(C)(C)C)CC1)n1nnc(-c2cc3ccc(C(=O)Nc4ccc(OC(F)(F)F)c(Br)c4)cc3o2)n1. The van der Waals surface area contributed by atoms with Crippen molar-refractivity contribution in [2.24, 2.45) is 5.92 Å². The largest absolute Gasteiger partial charge is 0.573 e. The Kier molecular flexibility index (Phi) is 9.47. The summed E-state index contributed by atoms with van der Waals surface area (Å²) in [4.78, 5) is 40.2. The number of ether oxygens (including phenoxy) is 3. The van der Waals surface area contributed by atoms with Gasteiger partial charge in [0.1, 0.15) is 16.9 Å². The van der Waals surface area contributed by atoms with Crippen LogP contribution in [0.15, 0.2) is 51.4 Å². The van der Waals surface area contributed by atoms with E-state index in [9.17, 15) is 27.6 Å². The molecular weight excluding hydrogens is 693 g/mol. The predicted octanol–water partition coefficient (Wildman–Crippen LogP) is 6.71. The highest BCUT2D eigenvalue weighted by molar-refractivity contribution is 9.10. The molecule has 13 nitrogen and oxygen atoms in total. The van der Waals surface area contributed by atoms with Crippen LogP contribution < -0.4 is 10.1 Å². The zero-order valence-electron chi connectivity index (χ0n) is 25.6. The van der Waals surface area contributed by atoms with Crippen LogP contribution in [0.4, 0.5) is 23.7 Å². The van der Waals surface area contributed by atoms with E-state index in [-0.39, 0.29) is 33.2 Å². The molecule has 1 N–H and O–H groups in total. The summed E-state index contributed by atoms with van der Waals surface area (Å²) in [7, 11) is 0. The standard InChI is InChI=1S/C30H30BrF3N6O7/c1-16(41)44-27(17-9-11-39(12-10-17)28(43)47-29(2,3)4)40-37-25(36-38-40)24-13-18-5-6-19(14-23(18)45-24)26(42)35-20-7-8-22(21(31)15-20)46-30(32,33)34/h5-8,13-15,17,27H,9-12H2,1-4H3,(H,35,42). The van der Waals surface area contributed by atoms with Crippen molar-refractivity contribution in [3.63, 3.8) is 0 Å². The Labute approximate surface area is 274 Å². The van der Waals surface area contributed by atoms with Gasteiger partial charge in [-0.2, -0.15) is 0 Å². The molecule has 1 fully saturated rings. The van der Waals surface area contributed by atoms with Crippen LogP contribution in [-0.4, -0.2) is 68.1 Å². The Bertz CT molecular complexity index is 1790. The molecule has 0 saturated carbocycles. The van der Waals surface area contributed by atoms with Crippen molar-refractivity contribution >= 4 is 50.6 Å². The molecule has 1 atom stereocenters. The molecule has 17 heteroatoms. The Morgan fingerprint density at radius 1 is 1.06 bits per heavy atom. The van der Waals surface area contributed by atoms with E-state index in [1.165, 1.54) is 29.9 Å². The number of aromatic nitrogens is 4. The lowest BCUT2D eigenvalue weighted by Crippen LogP contribution is -2.43. The van der Waals surface area contributed by atoms with Crippen molar-refractivity contribution in [3.8, 4) is 17.3 Å². The van der Waals surface area contributed by atoms with Gasteiger partial charge in [0.15, 0.2) is 5.76 Å². The van der Waals surface area contributed by atoms with Crippen LogP contribution in [-0.2, 0) is 14.3 Å². The smallest absolute Gasteiger partial charge is 0.453 e. The van der Waals surface area contributed by atoms with Gasteiger partial charge in [-0.3, -0.25) is 9.59 Å². The number of likely N-dealkylation sites (tertiary alicyclic amines) is 1. The number of tetrazole rings is 1. The summed E-state index contributed by atoms with van der Waals surface area (Å²) in [5, 5.41) is 15.9. The third-order valence-electron chi connectivity index (χ3n) is 6.96. The lowest BCUT2D eigenvalue weighted by molar-refractivity contribution is -0.274. The molecule has 250 valence electrons. The number of alkyl halides is 3. The van der Waals surface area contributed by atoms with Gasteiger partial charge in [0.05, 0.1) is 4.47 Å². The van der Waals surface area contributed by atoms with Gasteiger partial charge in [0.25, 0.3) is 5.91 Å². The first kappa shape index (κ1) is 33.7. The van der Waals surface area contributed by atoms with Crippen molar-refractivity contribution in [1.82, 2.24) is 25.1 Å². The van der Waals surface area contributed by atoms with Gasteiger partial charge >= 0.3 is 18.4 Å². The molecule has 1 aliphatic heterocycles. The quantitative estimate of drug-likeness (QED) is 0.204. The summed E-state index contributed by atoms with van der Waals surface area (Å²) in [5.41, 5.74) is 0.167. The number of anilines is 1. The van der Waals surface area contributed by atoms with E-state index in [1.54, 1.807) is 43.9 Å². The highest BCUT2D eigenvalue weighted by Crippen LogP contribution is 2.34. The summed E-state index contributed by atoms with van der Waals surface area (Å²) < 4.78 is 58.6. The van der Waals surface area contributed by atoms with Crippen molar-refractivity contribution in [1.29, 1.82) is 0 Å². The number of piperidine rings is 1. The molecule has 0 spiro atoms. The summed E-state index contributed by atoms with van der Waals surface area (Å²) in [6, 6.07) is 9.99. The van der Waals surface area contributed by atoms with Crippen LogP contribution in [0.2, 0.25) is 0 Å². The number of carbonyl (C=O) groups is 3. The average Bonchev–Trinajstić information content (AvgIpc) is 3.63. The number of nitrogens with one attached hydrogen (secondary N) is 1. The summed E-state index contributed by atoms with van der Waals surface area (Å²) in [5.74, 6) is -1.36. The molecule has 1 unspecified atom stereocenters. The van der Waals surface area contributed by atoms with Crippen LogP contribution in [0.25, 0.3) is 22.6 Å². The van der Waals surface area contributed by atoms with Gasteiger partial charge < -0.3 is 28.8 Å². The highest BCUT2D eigenvalue weighted by atomic mass is 79.9. The van der Waals surface area contributed by atoms with Gasteiger partial charge in [-0.05, 0) is 91.2 Å². The fourth-order valence-electron chi connectivity index (χ4n) is 4.90. The Morgan fingerprint density at radius 3 is 2.43 bits per heavy atom. The highest BCUT2D eigenvalue weighted by Gasteiger charge is 2.35. The topological polar surface area (TPSA) is 151 Å². The molecular formula is C30H30BrF3N6O7. The van der Waals surface area contributed by atoms with E-state index in [0.29, 0.717) is 36.9 Å². The summed E-state index contributed by atoms with van der Waals surface area (Å²) >= 11 is 3.01. The third kappa shape index (κ3) is 8.58. The first-order valence-electron chi connectivity index (χ1n) is 14.4. The second kappa shape index (κ2) is 13.2. The fraction of sp³-hybridized carbons (Fsp3) is 0.400. The monoisotopic (exact) mass is 722 g/mol. The van der Waals surface area contributed by atoms with Crippen molar-refractivity contribution in [2.45, 2.75) is 58.7 Å². The van der Waals surface area contributed by atoms with E-state index < -0.39 is 41.9 Å². The number of esters is 1. The normalized spacial score (nSPS) is 14.9. The molecule has 2 aromatic heterocycles. The van der Waals surface area contributed by atoms with E-state index in [2.05, 4.69) is 41.4 Å². The Balaban J connectivity index is 1.28. The predicted molar refractivity (Wildman–Crippen MR) is 163 cm³/mol. The first-order chi connectivity index (χ1) is 22.0. The number of fused-ring (bicyclic) bond motifs is 1. The maximum Gasteiger partial charge on any atom is 0.573 e. The maximum atomic E-state index is 12.9. The number of rotatable bonds is 7. The molecule has 3 heterocycles. The van der Waals surface area contributed by atoms with E-state index >= 15 is 0 Å². The average molecular weight is 724 g/mol. The number of hydrogen-bond donors (Lipinski definition) is 1. The molecule has 4 aromatic rings. The summed E-state index contributed by atoms with van der Waals surface area (Å²) in [6.45, 7) is 7.47. The van der Waals surface area contributed by atoms with E-state index in [0.717, 1.165) is 6.07 Å². The van der Waals surface area contributed by atoms with Crippen LogP contribution in [0, 0.1) is 5.92 Å². The minimum absolute atomic E-state index is 0.00139. The van der Waals surface area contributed by atoms with Crippen LogP contribution in [0.5, 0.6) is 5.75 Å². The lowest BCUT2D eigenvalue weighted by atomic mass is 9.95. The molecule has 1 aliphatic rings.